The topological polar surface area (TPSA) is 57.0 Å². The van der Waals surface area contributed by atoms with E-state index in [2.05, 4.69) is 34.0 Å². The van der Waals surface area contributed by atoms with Crippen LogP contribution in [0, 0.1) is 5.92 Å². The van der Waals surface area contributed by atoms with Crippen LogP contribution in [0.2, 0.25) is 0 Å². The van der Waals surface area contributed by atoms with Gasteiger partial charge in [0.2, 0.25) is 0 Å². The number of ether oxygens (including phenoxy) is 1. The van der Waals surface area contributed by atoms with Crippen molar-refractivity contribution in [1.29, 1.82) is 0 Å². The van der Waals surface area contributed by atoms with Crippen LogP contribution in [-0.2, 0) is 28.9 Å². The van der Waals surface area contributed by atoms with Gasteiger partial charge in [-0.3, -0.25) is 4.79 Å². The molecule has 0 N–H and O–H groups in total. The van der Waals surface area contributed by atoms with Crippen LogP contribution in [0.15, 0.2) is 10.5 Å². The molecule has 0 bridgehead atoms. The Balaban J connectivity index is 1.89. The number of carbonyl (C=O) groups is 1. The Kier molecular flexibility index (Phi) is 5.06. The number of aromatic nitrogens is 3. The average Bonchev–Trinajstić information content (AvgIpc) is 3.14. The van der Waals surface area contributed by atoms with Crippen molar-refractivity contribution >= 4 is 29.1 Å². The Bertz CT molecular complexity index is 708. The number of thioether (sulfide) groups is 1. The summed E-state index contributed by atoms with van der Waals surface area (Å²) in [5.41, 5.74) is 2.66. The normalized spacial score (nSPS) is 17.1. The summed E-state index contributed by atoms with van der Waals surface area (Å²) in [6.07, 6.45) is 3.53. The number of rotatable bonds is 5. The summed E-state index contributed by atoms with van der Waals surface area (Å²) in [6.45, 7) is 5.18. The molecule has 124 valence electrons. The van der Waals surface area contributed by atoms with Crippen molar-refractivity contribution in [3.05, 3.63) is 15.8 Å². The van der Waals surface area contributed by atoms with Crippen LogP contribution in [-0.4, -0.2) is 33.6 Å². The van der Waals surface area contributed by atoms with Crippen LogP contribution in [0.3, 0.4) is 0 Å². The lowest BCUT2D eigenvalue weighted by Crippen LogP contribution is -2.10. The number of carbonyl (C=O) groups excluding carboxylic acids is 1. The fraction of sp³-hybridized carbons (Fsp3) is 0.562. The van der Waals surface area contributed by atoms with Gasteiger partial charge in [-0.1, -0.05) is 18.7 Å². The molecule has 1 aliphatic rings. The van der Waals surface area contributed by atoms with Gasteiger partial charge >= 0.3 is 5.97 Å². The molecule has 0 fully saturated rings. The standard InChI is InChI=1S/C16H21N3O2S2/c1-4-19-15(17-18-16(19)23-9-14(20)21-3)12-8-22-13-7-10(2)5-6-11(12)13/h8,10H,4-7,9H2,1-3H3. The third kappa shape index (κ3) is 3.30. The average molecular weight is 351 g/mol. The smallest absolute Gasteiger partial charge is 0.316 e. The van der Waals surface area contributed by atoms with Crippen molar-refractivity contribution in [2.45, 2.75) is 44.8 Å². The molecule has 2 heterocycles. The summed E-state index contributed by atoms with van der Waals surface area (Å²) in [5, 5.41) is 11.7. The highest BCUT2D eigenvalue weighted by Crippen LogP contribution is 2.38. The van der Waals surface area contributed by atoms with E-state index in [9.17, 15) is 4.79 Å². The van der Waals surface area contributed by atoms with Gasteiger partial charge in [-0.15, -0.1) is 21.5 Å². The van der Waals surface area contributed by atoms with Gasteiger partial charge in [0.1, 0.15) is 0 Å². The Morgan fingerprint density at radius 3 is 3.09 bits per heavy atom. The summed E-state index contributed by atoms with van der Waals surface area (Å²) < 4.78 is 6.78. The lowest BCUT2D eigenvalue weighted by atomic mass is 9.88. The molecule has 1 atom stereocenters. The Morgan fingerprint density at radius 1 is 1.52 bits per heavy atom. The number of hydrogen-bond donors (Lipinski definition) is 0. The minimum absolute atomic E-state index is 0.246. The number of fused-ring (bicyclic) bond motifs is 1. The summed E-state index contributed by atoms with van der Waals surface area (Å²) in [4.78, 5) is 12.8. The quantitative estimate of drug-likeness (QED) is 0.610. The Hall–Kier alpha value is -1.34. The molecule has 0 spiro atoms. The van der Waals surface area contributed by atoms with E-state index in [0.29, 0.717) is 0 Å². The summed E-state index contributed by atoms with van der Waals surface area (Å²) >= 11 is 3.22. The number of methoxy groups -OCH3 is 1. The first-order valence-electron chi connectivity index (χ1n) is 7.86. The number of esters is 1. The monoisotopic (exact) mass is 351 g/mol. The molecule has 0 radical (unpaired) electrons. The second kappa shape index (κ2) is 7.05. The van der Waals surface area contributed by atoms with Crippen molar-refractivity contribution < 1.29 is 9.53 Å². The zero-order valence-electron chi connectivity index (χ0n) is 13.7. The number of hydrogen-bond acceptors (Lipinski definition) is 6. The molecule has 0 amide bonds. The van der Waals surface area contributed by atoms with Gasteiger partial charge in [-0.25, -0.2) is 0 Å². The summed E-state index contributed by atoms with van der Waals surface area (Å²) in [5.74, 6) is 1.70. The van der Waals surface area contributed by atoms with E-state index < -0.39 is 0 Å². The van der Waals surface area contributed by atoms with E-state index in [0.717, 1.165) is 29.9 Å². The van der Waals surface area contributed by atoms with Gasteiger partial charge in [0.15, 0.2) is 11.0 Å². The lowest BCUT2D eigenvalue weighted by Gasteiger charge is -2.19. The van der Waals surface area contributed by atoms with E-state index in [4.69, 9.17) is 4.74 Å². The largest absolute Gasteiger partial charge is 0.468 e. The van der Waals surface area contributed by atoms with Gasteiger partial charge in [0.25, 0.3) is 0 Å². The minimum atomic E-state index is -0.246. The second-order valence-corrected chi connectivity index (χ2v) is 7.72. The number of nitrogens with zero attached hydrogens (tertiary/aromatic N) is 3. The summed E-state index contributed by atoms with van der Waals surface area (Å²) in [6, 6.07) is 0. The maximum absolute atomic E-state index is 11.3. The van der Waals surface area contributed by atoms with Crippen LogP contribution < -0.4 is 0 Å². The number of thiophene rings is 1. The van der Waals surface area contributed by atoms with Crippen molar-refractivity contribution in [2.24, 2.45) is 5.92 Å². The molecule has 0 aliphatic heterocycles. The SMILES string of the molecule is CCn1c(SCC(=O)OC)nnc1-c1csc2c1CCC(C)C2. The molecular formula is C16H21N3O2S2. The summed E-state index contributed by atoms with van der Waals surface area (Å²) in [7, 11) is 1.40. The highest BCUT2D eigenvalue weighted by Gasteiger charge is 2.24. The fourth-order valence-corrected chi connectivity index (χ4v) is 5.00. The van der Waals surface area contributed by atoms with Gasteiger partial charge in [-0.05, 0) is 37.7 Å². The molecule has 1 aliphatic carbocycles. The molecule has 3 rings (SSSR count). The van der Waals surface area contributed by atoms with Gasteiger partial charge in [0.05, 0.1) is 12.9 Å². The molecule has 1 unspecified atom stereocenters. The zero-order chi connectivity index (χ0) is 16.4. The van der Waals surface area contributed by atoms with Gasteiger partial charge in [0, 0.05) is 22.4 Å². The van der Waals surface area contributed by atoms with E-state index in [1.54, 1.807) is 0 Å². The first-order chi connectivity index (χ1) is 11.1. The first-order valence-corrected chi connectivity index (χ1v) is 9.73. The van der Waals surface area contributed by atoms with Gasteiger partial charge < -0.3 is 9.30 Å². The van der Waals surface area contributed by atoms with Crippen molar-refractivity contribution in [2.75, 3.05) is 12.9 Å². The maximum Gasteiger partial charge on any atom is 0.316 e. The van der Waals surface area contributed by atoms with Crippen LogP contribution in [0.1, 0.15) is 30.7 Å². The predicted molar refractivity (Wildman–Crippen MR) is 92.9 cm³/mol. The maximum atomic E-state index is 11.3. The highest BCUT2D eigenvalue weighted by molar-refractivity contribution is 7.99. The molecule has 23 heavy (non-hydrogen) atoms. The Morgan fingerprint density at radius 2 is 2.35 bits per heavy atom. The van der Waals surface area contributed by atoms with Crippen molar-refractivity contribution in [1.82, 2.24) is 14.8 Å². The van der Waals surface area contributed by atoms with E-state index in [1.165, 1.54) is 47.7 Å². The third-order valence-corrected chi connectivity index (χ3v) is 6.21. The molecule has 2 aromatic rings. The predicted octanol–water partition coefficient (Wildman–Crippen LogP) is 3.42. The highest BCUT2D eigenvalue weighted by atomic mass is 32.2. The molecule has 0 aromatic carbocycles. The minimum Gasteiger partial charge on any atom is -0.468 e. The fourth-order valence-electron chi connectivity index (χ4n) is 2.93. The molecule has 7 heteroatoms. The van der Waals surface area contributed by atoms with Crippen LogP contribution in [0.4, 0.5) is 0 Å². The van der Waals surface area contributed by atoms with Crippen LogP contribution in [0.25, 0.3) is 11.4 Å². The van der Waals surface area contributed by atoms with Gasteiger partial charge in [-0.2, -0.15) is 0 Å². The van der Waals surface area contributed by atoms with E-state index in [-0.39, 0.29) is 11.7 Å². The van der Waals surface area contributed by atoms with Crippen molar-refractivity contribution in [3.63, 3.8) is 0 Å². The molecule has 0 saturated carbocycles. The zero-order valence-corrected chi connectivity index (χ0v) is 15.3. The molecule has 2 aromatic heterocycles. The Labute approximate surface area is 144 Å². The van der Waals surface area contributed by atoms with Crippen molar-refractivity contribution in [3.8, 4) is 11.4 Å². The second-order valence-electron chi connectivity index (χ2n) is 5.81. The molecule has 5 nitrogen and oxygen atoms in total. The van der Waals surface area contributed by atoms with E-state index in [1.807, 2.05) is 11.3 Å². The molecular weight excluding hydrogens is 330 g/mol. The van der Waals surface area contributed by atoms with Crippen LogP contribution in [0.5, 0.6) is 0 Å². The third-order valence-electron chi connectivity index (χ3n) is 4.22. The first kappa shape index (κ1) is 16.5. The van der Waals surface area contributed by atoms with Crippen LogP contribution >= 0.6 is 23.1 Å². The lowest BCUT2D eigenvalue weighted by molar-refractivity contribution is -0.137. The molecule has 0 saturated heterocycles. The van der Waals surface area contributed by atoms with E-state index >= 15 is 0 Å².